The summed E-state index contributed by atoms with van der Waals surface area (Å²) in [5.74, 6) is -0.880. The third kappa shape index (κ3) is 4.06. The summed E-state index contributed by atoms with van der Waals surface area (Å²) < 4.78 is 6.44. The van der Waals surface area contributed by atoms with Gasteiger partial charge in [0.15, 0.2) is 0 Å². The predicted octanol–water partition coefficient (Wildman–Crippen LogP) is 4.16. The number of carboxylic acid groups (broad SMARTS) is 1. The number of hydrogen-bond acceptors (Lipinski definition) is 8. The monoisotopic (exact) mass is 449 g/mol. The summed E-state index contributed by atoms with van der Waals surface area (Å²) >= 11 is 4.50. The highest BCUT2D eigenvalue weighted by Gasteiger charge is 2.35. The van der Waals surface area contributed by atoms with Crippen molar-refractivity contribution < 1.29 is 14.6 Å². The third-order valence-corrected chi connectivity index (χ3v) is 8.71. The number of thiazole rings is 1. The molecule has 9 heteroatoms. The van der Waals surface area contributed by atoms with E-state index in [-0.39, 0.29) is 0 Å². The Bertz CT molecular complexity index is 946. The van der Waals surface area contributed by atoms with Gasteiger partial charge in [0.2, 0.25) is 0 Å². The van der Waals surface area contributed by atoms with Crippen LogP contribution in [0, 0.1) is 6.92 Å². The molecular weight excluding hydrogens is 426 g/mol. The van der Waals surface area contributed by atoms with E-state index in [1.54, 1.807) is 23.1 Å². The summed E-state index contributed by atoms with van der Waals surface area (Å²) in [5.41, 5.74) is 2.14. The molecule has 0 aromatic carbocycles. The molecule has 1 saturated heterocycles. The Morgan fingerprint density at radius 2 is 2.21 bits per heavy atom. The second kappa shape index (κ2) is 8.69. The van der Waals surface area contributed by atoms with Crippen molar-refractivity contribution in [2.45, 2.75) is 23.1 Å². The molecule has 6 nitrogen and oxygen atoms in total. The van der Waals surface area contributed by atoms with E-state index in [2.05, 4.69) is 11.0 Å². The van der Waals surface area contributed by atoms with E-state index in [1.807, 2.05) is 30.9 Å². The Labute approximate surface area is 182 Å². The summed E-state index contributed by atoms with van der Waals surface area (Å²) in [6.07, 6.45) is 8.82. The van der Waals surface area contributed by atoms with Crippen LogP contribution in [0.5, 0.6) is 0 Å². The number of aromatic carboxylic acids is 1. The zero-order valence-electron chi connectivity index (χ0n) is 16.4. The Balaban J connectivity index is 1.63. The quantitative estimate of drug-likeness (QED) is 0.640. The molecule has 0 saturated carbocycles. The molecule has 1 unspecified atom stereocenters. The first-order valence-electron chi connectivity index (χ1n) is 9.44. The molecular formula is C20H23N3O3S3. The highest BCUT2D eigenvalue weighted by Crippen LogP contribution is 2.44. The van der Waals surface area contributed by atoms with Crippen molar-refractivity contribution in [3.63, 3.8) is 0 Å². The number of hydrogen-bond donors (Lipinski definition) is 1. The lowest BCUT2D eigenvalue weighted by atomic mass is 9.97. The highest BCUT2D eigenvalue weighted by molar-refractivity contribution is 8.00. The smallest absolute Gasteiger partial charge is 0.346 e. The number of aliphatic imine (C=N–C) groups is 1. The van der Waals surface area contributed by atoms with Gasteiger partial charge in [0.25, 0.3) is 0 Å². The summed E-state index contributed by atoms with van der Waals surface area (Å²) in [7, 11) is 0. The number of thioether (sulfide) groups is 1. The first-order valence-corrected chi connectivity index (χ1v) is 12.4. The molecule has 0 aliphatic carbocycles. The van der Waals surface area contributed by atoms with Gasteiger partial charge in [-0.05, 0) is 37.3 Å². The largest absolute Gasteiger partial charge is 0.477 e. The van der Waals surface area contributed by atoms with Crippen molar-refractivity contribution in [3.05, 3.63) is 33.0 Å². The van der Waals surface area contributed by atoms with Crippen LogP contribution < -0.4 is 0 Å². The Kier molecular flexibility index (Phi) is 6.21. The van der Waals surface area contributed by atoms with Crippen LogP contribution in [-0.2, 0) is 10.3 Å². The van der Waals surface area contributed by atoms with Gasteiger partial charge in [-0.1, -0.05) is 0 Å². The fourth-order valence-electron chi connectivity index (χ4n) is 3.67. The molecule has 0 amide bonds. The summed E-state index contributed by atoms with van der Waals surface area (Å²) in [6.45, 7) is 6.29. The van der Waals surface area contributed by atoms with Crippen molar-refractivity contribution in [2.75, 3.05) is 39.1 Å². The minimum Gasteiger partial charge on any atom is -0.477 e. The number of morpholine rings is 1. The molecule has 1 fully saturated rings. The Morgan fingerprint density at radius 1 is 1.41 bits per heavy atom. The molecule has 4 rings (SSSR count). The van der Waals surface area contributed by atoms with Crippen LogP contribution in [0.1, 0.15) is 26.7 Å². The maximum absolute atomic E-state index is 11.6. The van der Waals surface area contributed by atoms with Gasteiger partial charge in [0, 0.05) is 36.8 Å². The van der Waals surface area contributed by atoms with Crippen molar-refractivity contribution in [3.8, 4) is 11.3 Å². The third-order valence-electron chi connectivity index (χ3n) is 5.30. The van der Waals surface area contributed by atoms with Crippen LogP contribution in [0.25, 0.3) is 11.3 Å². The van der Waals surface area contributed by atoms with Crippen LogP contribution in [0.4, 0.5) is 0 Å². The molecule has 1 N–H and O–H groups in total. The molecule has 2 aliphatic heterocycles. The predicted molar refractivity (Wildman–Crippen MR) is 120 cm³/mol. The molecule has 154 valence electrons. The summed E-state index contributed by atoms with van der Waals surface area (Å²) in [5, 5.41) is 12.5. The summed E-state index contributed by atoms with van der Waals surface area (Å²) in [6, 6.07) is 0. The molecule has 0 radical (unpaired) electrons. The number of rotatable bonds is 7. The van der Waals surface area contributed by atoms with E-state index in [0.717, 1.165) is 65.3 Å². The van der Waals surface area contributed by atoms with Gasteiger partial charge in [-0.2, -0.15) is 0 Å². The molecule has 29 heavy (non-hydrogen) atoms. The zero-order valence-corrected chi connectivity index (χ0v) is 18.8. The highest BCUT2D eigenvalue weighted by atomic mass is 32.2. The van der Waals surface area contributed by atoms with E-state index in [1.165, 1.54) is 11.3 Å². The van der Waals surface area contributed by atoms with E-state index >= 15 is 0 Å². The molecule has 0 bridgehead atoms. The molecule has 2 aromatic rings. The van der Waals surface area contributed by atoms with Crippen molar-refractivity contribution in [2.24, 2.45) is 4.99 Å². The van der Waals surface area contributed by atoms with Crippen molar-refractivity contribution >= 4 is 46.6 Å². The first kappa shape index (κ1) is 20.7. The zero-order chi connectivity index (χ0) is 20.4. The SMILES string of the molecule is CSc1sc(C(=O)O)c(C)c1-c1csc(C2(CCN3CCOCC3)C=CC=N2)n1. The lowest BCUT2D eigenvalue weighted by molar-refractivity contribution is 0.0355. The normalized spacial score (nSPS) is 21.9. The minimum atomic E-state index is -0.880. The number of carbonyl (C=O) groups is 1. The van der Waals surface area contributed by atoms with E-state index in [0.29, 0.717) is 4.88 Å². The van der Waals surface area contributed by atoms with Crippen molar-refractivity contribution in [1.82, 2.24) is 9.88 Å². The van der Waals surface area contributed by atoms with Gasteiger partial charge >= 0.3 is 5.97 Å². The van der Waals surface area contributed by atoms with Crippen LogP contribution in [0.3, 0.4) is 0 Å². The van der Waals surface area contributed by atoms with Gasteiger partial charge < -0.3 is 9.84 Å². The number of aromatic nitrogens is 1. The Morgan fingerprint density at radius 3 is 2.86 bits per heavy atom. The molecule has 1 atom stereocenters. The van der Waals surface area contributed by atoms with Crippen LogP contribution in [0.2, 0.25) is 0 Å². The van der Waals surface area contributed by atoms with Gasteiger partial charge in [0.05, 0.1) is 23.1 Å². The number of carboxylic acids is 1. The van der Waals surface area contributed by atoms with E-state index in [9.17, 15) is 9.90 Å². The van der Waals surface area contributed by atoms with Crippen LogP contribution in [0.15, 0.2) is 26.7 Å². The van der Waals surface area contributed by atoms with Crippen LogP contribution in [-0.4, -0.2) is 66.3 Å². The minimum absolute atomic E-state index is 0.389. The average molecular weight is 450 g/mol. The fourth-order valence-corrected chi connectivity index (χ4v) is 6.58. The average Bonchev–Trinajstić information content (AvgIpc) is 3.45. The van der Waals surface area contributed by atoms with E-state index < -0.39 is 11.5 Å². The second-order valence-corrected chi connectivity index (χ2v) is 9.99. The maximum atomic E-state index is 11.6. The first-order chi connectivity index (χ1) is 14.0. The van der Waals surface area contributed by atoms with Gasteiger partial charge in [-0.15, -0.1) is 34.4 Å². The fraction of sp³-hybridized carbons (Fsp3) is 0.450. The number of nitrogens with zero attached hydrogens (tertiary/aromatic N) is 3. The lowest BCUT2D eigenvalue weighted by Crippen LogP contribution is -2.39. The maximum Gasteiger partial charge on any atom is 0.346 e. The molecule has 0 spiro atoms. The lowest BCUT2D eigenvalue weighted by Gasteiger charge is -2.30. The molecule has 2 aliphatic rings. The standard InChI is InChI=1S/C20H23N3O3S3/c1-13-15(18(27-2)29-16(13)17(24)25)14-12-28-19(22-14)20(4-3-6-21-20)5-7-23-8-10-26-11-9-23/h3-4,6,12H,5,7-11H2,1-2H3,(H,24,25). The molecule has 4 heterocycles. The van der Waals surface area contributed by atoms with Gasteiger partial charge in [0.1, 0.15) is 15.4 Å². The van der Waals surface area contributed by atoms with Gasteiger partial charge in [-0.25, -0.2) is 9.78 Å². The van der Waals surface area contributed by atoms with Crippen molar-refractivity contribution in [1.29, 1.82) is 0 Å². The number of thiophene rings is 1. The summed E-state index contributed by atoms with van der Waals surface area (Å²) in [4.78, 5) is 24.1. The molecule has 2 aromatic heterocycles. The number of ether oxygens (including phenoxy) is 1. The Hall–Kier alpha value is -1.52. The number of allylic oxidation sites excluding steroid dienone is 1. The topological polar surface area (TPSA) is 75.0 Å². The van der Waals surface area contributed by atoms with E-state index in [4.69, 9.17) is 14.7 Å². The van der Waals surface area contributed by atoms with Gasteiger partial charge in [-0.3, -0.25) is 9.89 Å². The van der Waals surface area contributed by atoms with Crippen LogP contribution >= 0.6 is 34.4 Å². The second-order valence-electron chi connectivity index (χ2n) is 7.03.